The quantitative estimate of drug-likeness (QED) is 0.0520. The van der Waals surface area contributed by atoms with Crippen molar-refractivity contribution in [3.8, 4) is 0 Å². The molecule has 0 aliphatic carbocycles. The van der Waals surface area contributed by atoms with Crippen molar-refractivity contribution in [2.24, 2.45) is 0 Å². The molecule has 0 aromatic heterocycles. The lowest BCUT2D eigenvalue weighted by Gasteiger charge is -2.20. The molecule has 42 heavy (non-hydrogen) atoms. The zero-order chi connectivity index (χ0) is 30.8. The van der Waals surface area contributed by atoms with Crippen LogP contribution in [0.1, 0.15) is 226 Å². The van der Waals surface area contributed by atoms with Crippen LogP contribution in [0.3, 0.4) is 0 Å². The molecule has 0 aliphatic rings. The molecule has 0 rings (SSSR count). The van der Waals surface area contributed by atoms with E-state index in [1.165, 1.54) is 213 Å². The van der Waals surface area contributed by atoms with Crippen molar-refractivity contribution in [2.45, 2.75) is 231 Å². The average molecular weight is 615 g/mol. The third kappa shape index (κ3) is 28.9. The molecular weight excluding hydrogens is 535 g/mol. The van der Waals surface area contributed by atoms with Gasteiger partial charge >= 0.3 is 7.60 Å². The summed E-state index contributed by atoms with van der Waals surface area (Å²) in [7, 11) is 0.105. The zero-order valence-electron chi connectivity index (χ0n) is 29.6. The first kappa shape index (κ1) is 42.1. The third-order valence-corrected chi connectivity index (χ3v) is 11.9. The maximum atomic E-state index is 12.3. The fraction of sp³-hybridized carbons (Fsp3) is 1.00. The number of rotatable bonds is 36. The number of hydrogen-bond acceptors (Lipinski definition) is 3. The lowest BCUT2D eigenvalue weighted by Crippen LogP contribution is -2.06. The van der Waals surface area contributed by atoms with Crippen molar-refractivity contribution in [2.75, 3.05) is 14.2 Å². The largest absolute Gasteiger partial charge is 0.332 e. The second-order valence-electron chi connectivity index (χ2n) is 13.5. The molecule has 0 spiro atoms. The van der Waals surface area contributed by atoms with Gasteiger partial charge in [-0.15, -0.1) is 0 Å². The number of hydrogen-bond donors (Lipinski definition) is 0. The minimum atomic E-state index is -2.88. The van der Waals surface area contributed by atoms with E-state index >= 15 is 0 Å². The standard InChI is InChI=1S/C38H79O3P/c1-5-6-7-8-9-10-11-12-13-14-15-16-17-18-19-20-21-22-23-24-25-26-27-28-29-30-31-32-33-34-35-36-37-38(2)42(39,40-3)41-4/h38H,5-37H2,1-4H3. The van der Waals surface area contributed by atoms with Gasteiger partial charge in [-0.05, 0) is 6.42 Å². The van der Waals surface area contributed by atoms with E-state index in [1.807, 2.05) is 6.92 Å². The van der Waals surface area contributed by atoms with Crippen LogP contribution in [0, 0.1) is 0 Å². The van der Waals surface area contributed by atoms with Crippen LogP contribution < -0.4 is 0 Å². The maximum Gasteiger partial charge on any atom is 0.332 e. The number of unbranched alkanes of at least 4 members (excludes halogenated alkanes) is 31. The molecule has 254 valence electrons. The predicted molar refractivity (Wildman–Crippen MR) is 189 cm³/mol. The summed E-state index contributed by atoms with van der Waals surface area (Å²) in [6.45, 7) is 4.29. The predicted octanol–water partition coefficient (Wildman–Crippen LogP) is 14.8. The van der Waals surface area contributed by atoms with Crippen molar-refractivity contribution in [1.82, 2.24) is 0 Å². The van der Waals surface area contributed by atoms with E-state index in [-0.39, 0.29) is 5.66 Å². The lowest BCUT2D eigenvalue weighted by molar-refractivity contribution is 0.265. The Morgan fingerprint density at radius 2 is 0.571 bits per heavy atom. The Balaban J connectivity index is 3.14. The SMILES string of the molecule is CCCCCCCCCCCCCCCCCCCCCCCCCCCCCCCCCCC(C)P(=O)(OC)OC. The van der Waals surface area contributed by atoms with E-state index in [0.717, 1.165) is 12.8 Å². The molecule has 0 fully saturated rings. The smallest absolute Gasteiger partial charge is 0.312 e. The van der Waals surface area contributed by atoms with Gasteiger partial charge in [0.25, 0.3) is 0 Å². The first-order chi connectivity index (χ1) is 20.6. The second-order valence-corrected chi connectivity index (χ2v) is 16.2. The first-order valence-electron chi connectivity index (χ1n) is 19.3. The Bertz CT molecular complexity index is 544. The highest BCUT2D eigenvalue weighted by atomic mass is 31.2. The van der Waals surface area contributed by atoms with Gasteiger partial charge in [-0.3, -0.25) is 4.57 Å². The van der Waals surface area contributed by atoms with Crippen molar-refractivity contribution < 1.29 is 13.6 Å². The Morgan fingerprint density at radius 3 is 0.762 bits per heavy atom. The van der Waals surface area contributed by atoms with Crippen LogP contribution in [0.4, 0.5) is 0 Å². The highest BCUT2D eigenvalue weighted by Gasteiger charge is 2.29. The van der Waals surface area contributed by atoms with Crippen LogP contribution in [0.15, 0.2) is 0 Å². The van der Waals surface area contributed by atoms with Crippen LogP contribution in [-0.2, 0) is 13.6 Å². The molecular formula is C38H79O3P. The second kappa shape index (κ2) is 34.0. The molecule has 0 amide bonds. The molecule has 4 heteroatoms. The van der Waals surface area contributed by atoms with E-state index in [2.05, 4.69) is 6.92 Å². The molecule has 0 saturated carbocycles. The fourth-order valence-corrected chi connectivity index (χ4v) is 7.78. The fourth-order valence-electron chi connectivity index (χ4n) is 6.41. The Morgan fingerprint density at radius 1 is 0.381 bits per heavy atom. The molecule has 1 unspecified atom stereocenters. The molecule has 0 aliphatic heterocycles. The normalized spacial score (nSPS) is 12.8. The Kier molecular flexibility index (Phi) is 34.2. The highest BCUT2D eigenvalue weighted by molar-refractivity contribution is 7.54. The molecule has 0 saturated heterocycles. The molecule has 0 heterocycles. The summed E-state index contributed by atoms with van der Waals surface area (Å²) in [6.07, 6.45) is 46.7. The van der Waals surface area contributed by atoms with Gasteiger partial charge in [0.2, 0.25) is 0 Å². The van der Waals surface area contributed by atoms with Gasteiger partial charge in [0.1, 0.15) is 0 Å². The van der Waals surface area contributed by atoms with Crippen molar-refractivity contribution in [3.63, 3.8) is 0 Å². The summed E-state index contributed by atoms with van der Waals surface area (Å²) >= 11 is 0. The van der Waals surface area contributed by atoms with Gasteiger partial charge in [-0.1, -0.05) is 219 Å². The molecule has 0 aromatic rings. The molecule has 0 radical (unpaired) electrons. The van der Waals surface area contributed by atoms with E-state index in [0.29, 0.717) is 0 Å². The van der Waals surface area contributed by atoms with Crippen LogP contribution in [0.2, 0.25) is 0 Å². The Labute approximate surface area is 266 Å². The average Bonchev–Trinajstić information content (AvgIpc) is 3.01. The minimum Gasteiger partial charge on any atom is -0.312 e. The molecule has 0 aromatic carbocycles. The summed E-state index contributed by atoms with van der Waals surface area (Å²) in [5.74, 6) is 0. The summed E-state index contributed by atoms with van der Waals surface area (Å²) < 4.78 is 22.5. The summed E-state index contributed by atoms with van der Waals surface area (Å²) in [5, 5.41) is 0. The van der Waals surface area contributed by atoms with Crippen molar-refractivity contribution in [3.05, 3.63) is 0 Å². The zero-order valence-corrected chi connectivity index (χ0v) is 30.5. The monoisotopic (exact) mass is 615 g/mol. The van der Waals surface area contributed by atoms with Crippen LogP contribution in [0.5, 0.6) is 0 Å². The van der Waals surface area contributed by atoms with Crippen LogP contribution in [0.25, 0.3) is 0 Å². The summed E-state index contributed by atoms with van der Waals surface area (Å²) in [5.41, 5.74) is 0.000964. The molecule has 0 bridgehead atoms. The third-order valence-electron chi connectivity index (χ3n) is 9.52. The van der Waals surface area contributed by atoms with Gasteiger partial charge in [-0.2, -0.15) is 0 Å². The molecule has 1 atom stereocenters. The van der Waals surface area contributed by atoms with Gasteiger partial charge < -0.3 is 9.05 Å². The van der Waals surface area contributed by atoms with Crippen molar-refractivity contribution in [1.29, 1.82) is 0 Å². The first-order valence-corrected chi connectivity index (χ1v) is 20.9. The van der Waals surface area contributed by atoms with Gasteiger partial charge in [-0.25, -0.2) is 0 Å². The summed E-state index contributed by atoms with van der Waals surface area (Å²) in [4.78, 5) is 0. The molecule has 0 N–H and O–H groups in total. The maximum absolute atomic E-state index is 12.3. The van der Waals surface area contributed by atoms with Crippen molar-refractivity contribution >= 4 is 7.60 Å². The lowest BCUT2D eigenvalue weighted by atomic mass is 10.0. The topological polar surface area (TPSA) is 35.5 Å². The van der Waals surface area contributed by atoms with E-state index in [9.17, 15) is 4.57 Å². The van der Waals surface area contributed by atoms with Crippen LogP contribution >= 0.6 is 7.60 Å². The highest BCUT2D eigenvalue weighted by Crippen LogP contribution is 2.53. The summed E-state index contributed by atoms with van der Waals surface area (Å²) in [6, 6.07) is 0. The molecule has 3 nitrogen and oxygen atoms in total. The Hall–Kier alpha value is 0.150. The minimum absolute atomic E-state index is 0.000964. The van der Waals surface area contributed by atoms with Gasteiger partial charge in [0, 0.05) is 14.2 Å². The van der Waals surface area contributed by atoms with Gasteiger partial charge in [0.15, 0.2) is 0 Å². The van der Waals surface area contributed by atoms with Gasteiger partial charge in [0.05, 0.1) is 5.66 Å². The van der Waals surface area contributed by atoms with E-state index in [4.69, 9.17) is 9.05 Å². The van der Waals surface area contributed by atoms with E-state index in [1.54, 1.807) is 0 Å². The van der Waals surface area contributed by atoms with E-state index < -0.39 is 7.60 Å². The van der Waals surface area contributed by atoms with Crippen LogP contribution in [-0.4, -0.2) is 19.9 Å².